The second-order valence-corrected chi connectivity index (χ2v) is 9.64. The summed E-state index contributed by atoms with van der Waals surface area (Å²) in [7, 11) is 0. The fourth-order valence-corrected chi connectivity index (χ4v) is 5.94. The number of likely N-dealkylation sites (tertiary alicyclic amines) is 1. The smallest absolute Gasteiger partial charge is 0.312 e. The van der Waals surface area contributed by atoms with Crippen molar-refractivity contribution in [2.45, 2.75) is 37.1 Å². The van der Waals surface area contributed by atoms with Crippen molar-refractivity contribution >= 4 is 17.8 Å². The highest BCUT2D eigenvalue weighted by atomic mass is 16.6. The maximum atomic E-state index is 14.0. The zero-order valence-corrected chi connectivity index (χ0v) is 19.5. The van der Waals surface area contributed by atoms with E-state index in [2.05, 4.69) is 4.90 Å². The van der Waals surface area contributed by atoms with Gasteiger partial charge in [-0.2, -0.15) is 0 Å². The van der Waals surface area contributed by atoms with Gasteiger partial charge in [0.2, 0.25) is 11.8 Å². The van der Waals surface area contributed by atoms with Crippen molar-refractivity contribution in [3.8, 4) is 0 Å². The van der Waals surface area contributed by atoms with Crippen molar-refractivity contribution in [1.82, 2.24) is 14.7 Å². The molecule has 0 aromatic carbocycles. The minimum Gasteiger partial charge on any atom is -0.465 e. The van der Waals surface area contributed by atoms with Gasteiger partial charge in [0.25, 0.3) is 0 Å². The number of aliphatic hydroxyl groups is 1. The van der Waals surface area contributed by atoms with Gasteiger partial charge in [-0.3, -0.25) is 19.3 Å². The molecule has 5 heterocycles. The standard InChI is InChI=1S/C24H33N3O7/c1-16(15-28)27-20-22(30)26(9-8-25-10-13-32-14-11-25)7-4-6-24(20)19(21(27)29)18-17(34-24)5-2-3-12-33-23(18)31/h2,4-6,16-20,28H,3,7-15H2,1H3/t16-,17-,18+,19+,20?,24+/m1/s1. The molecule has 0 aromatic rings. The quantitative estimate of drug-likeness (QED) is 0.406. The van der Waals surface area contributed by atoms with Gasteiger partial charge in [0.15, 0.2) is 0 Å². The molecular formula is C24H33N3O7. The molecule has 1 N–H and O–H groups in total. The molecule has 0 saturated carbocycles. The van der Waals surface area contributed by atoms with Crippen molar-refractivity contribution in [3.63, 3.8) is 0 Å². The number of esters is 1. The molecule has 0 aromatic heterocycles. The van der Waals surface area contributed by atoms with Crippen LogP contribution in [0.2, 0.25) is 0 Å². The highest BCUT2D eigenvalue weighted by Gasteiger charge is 2.72. The third-order valence-corrected chi connectivity index (χ3v) is 7.67. The molecule has 5 rings (SSSR count). The summed E-state index contributed by atoms with van der Waals surface area (Å²) < 4.78 is 17.3. The van der Waals surface area contributed by atoms with E-state index in [9.17, 15) is 19.5 Å². The van der Waals surface area contributed by atoms with Gasteiger partial charge in [-0.1, -0.05) is 24.3 Å². The fraction of sp³-hybridized carbons (Fsp3) is 0.708. The largest absolute Gasteiger partial charge is 0.465 e. The number of ether oxygens (including phenoxy) is 3. The first-order chi connectivity index (χ1) is 16.5. The second-order valence-electron chi connectivity index (χ2n) is 9.64. The van der Waals surface area contributed by atoms with Gasteiger partial charge >= 0.3 is 5.97 Å². The van der Waals surface area contributed by atoms with Gasteiger partial charge in [0.05, 0.1) is 44.5 Å². The Balaban J connectivity index is 1.48. The Kier molecular flexibility index (Phi) is 6.49. The number of morpholine rings is 1. The maximum absolute atomic E-state index is 14.0. The predicted molar refractivity (Wildman–Crippen MR) is 119 cm³/mol. The number of nitrogens with zero attached hydrogens (tertiary/aromatic N) is 3. The van der Waals surface area contributed by atoms with Crippen LogP contribution in [-0.4, -0.2) is 121 Å². The van der Waals surface area contributed by atoms with E-state index in [0.29, 0.717) is 39.3 Å². The first-order valence-electron chi connectivity index (χ1n) is 12.2. The van der Waals surface area contributed by atoms with Crippen LogP contribution in [0.15, 0.2) is 24.3 Å². The van der Waals surface area contributed by atoms with E-state index in [1.807, 2.05) is 24.3 Å². The summed E-state index contributed by atoms with van der Waals surface area (Å²) >= 11 is 0. The summed E-state index contributed by atoms with van der Waals surface area (Å²) in [6, 6.07) is -1.55. The summed E-state index contributed by atoms with van der Waals surface area (Å²) in [5.74, 6) is -2.76. The molecule has 5 aliphatic heterocycles. The van der Waals surface area contributed by atoms with Crippen LogP contribution < -0.4 is 0 Å². The number of carbonyl (C=O) groups excluding carboxylic acids is 3. The molecule has 186 valence electrons. The Morgan fingerprint density at radius 2 is 1.91 bits per heavy atom. The molecule has 1 spiro atoms. The molecule has 0 radical (unpaired) electrons. The van der Waals surface area contributed by atoms with Crippen molar-refractivity contribution in [2.24, 2.45) is 11.8 Å². The number of hydrogen-bond donors (Lipinski definition) is 1. The van der Waals surface area contributed by atoms with E-state index >= 15 is 0 Å². The molecule has 2 amide bonds. The average molecular weight is 476 g/mol. The Morgan fingerprint density at radius 3 is 2.68 bits per heavy atom. The van der Waals surface area contributed by atoms with E-state index in [-0.39, 0.29) is 25.0 Å². The number of cyclic esters (lactones) is 1. The topological polar surface area (TPSA) is 109 Å². The predicted octanol–water partition coefficient (Wildman–Crippen LogP) is -0.818. The number of hydrogen-bond acceptors (Lipinski definition) is 8. The van der Waals surface area contributed by atoms with Crippen LogP contribution >= 0.6 is 0 Å². The number of fused-ring (bicyclic) bond motifs is 2. The highest BCUT2D eigenvalue weighted by molar-refractivity contribution is 5.99. The minimum absolute atomic E-state index is 0.221. The van der Waals surface area contributed by atoms with Crippen LogP contribution in [0.25, 0.3) is 0 Å². The van der Waals surface area contributed by atoms with Crippen molar-refractivity contribution in [1.29, 1.82) is 0 Å². The van der Waals surface area contributed by atoms with Crippen molar-refractivity contribution < 1.29 is 33.7 Å². The summed E-state index contributed by atoms with van der Waals surface area (Å²) in [5.41, 5.74) is -1.28. The van der Waals surface area contributed by atoms with Gasteiger partial charge < -0.3 is 29.1 Å². The van der Waals surface area contributed by atoms with Crippen LogP contribution in [0.5, 0.6) is 0 Å². The van der Waals surface area contributed by atoms with E-state index in [1.54, 1.807) is 11.8 Å². The molecule has 10 nitrogen and oxygen atoms in total. The third kappa shape index (κ3) is 3.77. The zero-order valence-electron chi connectivity index (χ0n) is 19.5. The van der Waals surface area contributed by atoms with Crippen LogP contribution in [0.1, 0.15) is 13.3 Å². The molecule has 1 unspecified atom stereocenters. The van der Waals surface area contributed by atoms with Crippen LogP contribution in [0.4, 0.5) is 0 Å². The van der Waals surface area contributed by atoms with E-state index in [1.165, 1.54) is 4.90 Å². The maximum Gasteiger partial charge on any atom is 0.312 e. The monoisotopic (exact) mass is 475 g/mol. The molecule has 34 heavy (non-hydrogen) atoms. The van der Waals surface area contributed by atoms with Gasteiger partial charge in [0, 0.05) is 32.7 Å². The number of rotatable bonds is 5. The number of aliphatic hydroxyl groups excluding tert-OH is 1. The van der Waals surface area contributed by atoms with Crippen molar-refractivity contribution in [3.05, 3.63) is 24.3 Å². The summed E-state index contributed by atoms with van der Waals surface area (Å²) in [6.07, 6.45) is 7.33. The SMILES string of the molecule is C[C@H](CO)N1C(=O)[C@@H]2[C@H]3C(=O)OCCC=C[C@H]3O[C@@]23C=CCN(CCN2CCOCC2)C(=O)C13. The molecule has 0 aliphatic carbocycles. The normalized spacial score (nSPS) is 36.9. The van der Waals surface area contributed by atoms with E-state index in [4.69, 9.17) is 14.2 Å². The molecular weight excluding hydrogens is 442 g/mol. The van der Waals surface area contributed by atoms with Gasteiger partial charge in [-0.05, 0) is 13.3 Å². The molecule has 3 saturated heterocycles. The first kappa shape index (κ1) is 23.5. The number of carbonyl (C=O) groups is 3. The Bertz CT molecular complexity index is 886. The lowest BCUT2D eigenvalue weighted by Gasteiger charge is -2.38. The second kappa shape index (κ2) is 9.41. The lowest BCUT2D eigenvalue weighted by molar-refractivity contribution is -0.156. The molecule has 10 heteroatoms. The fourth-order valence-electron chi connectivity index (χ4n) is 5.94. The Morgan fingerprint density at radius 1 is 1.12 bits per heavy atom. The molecule has 5 aliphatic rings. The molecule has 6 atom stereocenters. The van der Waals surface area contributed by atoms with Gasteiger partial charge in [-0.15, -0.1) is 0 Å². The van der Waals surface area contributed by atoms with Gasteiger partial charge in [-0.25, -0.2) is 0 Å². The van der Waals surface area contributed by atoms with Crippen LogP contribution in [0, 0.1) is 11.8 Å². The lowest BCUT2D eigenvalue weighted by Crippen LogP contribution is -2.58. The Labute approximate surface area is 199 Å². The average Bonchev–Trinajstić information content (AvgIpc) is 3.22. The van der Waals surface area contributed by atoms with E-state index in [0.717, 1.165) is 13.1 Å². The first-order valence-corrected chi connectivity index (χ1v) is 12.2. The number of amides is 2. The molecule has 0 bridgehead atoms. The summed E-state index contributed by atoms with van der Waals surface area (Å²) in [4.78, 5) is 46.2. The summed E-state index contributed by atoms with van der Waals surface area (Å²) in [6.45, 7) is 6.26. The molecule has 3 fully saturated rings. The summed E-state index contributed by atoms with van der Waals surface area (Å²) in [5, 5.41) is 9.93. The van der Waals surface area contributed by atoms with Crippen molar-refractivity contribution in [2.75, 3.05) is 59.2 Å². The highest BCUT2D eigenvalue weighted by Crippen LogP contribution is 2.53. The minimum atomic E-state index is -1.28. The van der Waals surface area contributed by atoms with Gasteiger partial charge in [0.1, 0.15) is 17.6 Å². The van der Waals surface area contributed by atoms with Crippen LogP contribution in [-0.2, 0) is 28.6 Å². The Hall–Kier alpha value is -2.27. The zero-order chi connectivity index (χ0) is 23.9. The third-order valence-electron chi connectivity index (χ3n) is 7.67. The van der Waals surface area contributed by atoms with E-state index < -0.39 is 41.6 Å². The lowest BCUT2D eigenvalue weighted by atomic mass is 9.77. The van der Waals surface area contributed by atoms with Crippen LogP contribution in [0.3, 0.4) is 0 Å².